The minimum atomic E-state index is -0.699. The number of halogens is 1. The number of furan rings is 1. The second-order valence-corrected chi connectivity index (χ2v) is 6.71. The molecule has 3 rings (SSSR count). The van der Waals surface area contributed by atoms with Crippen molar-refractivity contribution in [3.05, 3.63) is 98.4 Å². The summed E-state index contributed by atoms with van der Waals surface area (Å²) in [5.41, 5.74) is 1.66. The van der Waals surface area contributed by atoms with E-state index in [1.807, 2.05) is 19.1 Å². The van der Waals surface area contributed by atoms with Crippen molar-refractivity contribution in [2.24, 2.45) is 0 Å². The monoisotopic (exact) mass is 425 g/mol. The van der Waals surface area contributed by atoms with Gasteiger partial charge in [-0.15, -0.1) is 0 Å². The fraction of sp³-hybridized carbons (Fsp3) is 0.0476. The van der Waals surface area contributed by atoms with E-state index in [4.69, 9.17) is 16.0 Å². The van der Waals surface area contributed by atoms with Gasteiger partial charge in [-0.1, -0.05) is 29.3 Å². The van der Waals surface area contributed by atoms with E-state index in [1.54, 1.807) is 24.3 Å². The van der Waals surface area contributed by atoms with E-state index in [0.29, 0.717) is 10.7 Å². The highest BCUT2D eigenvalue weighted by Gasteiger charge is 2.17. The molecule has 0 radical (unpaired) electrons. The Morgan fingerprint density at radius 2 is 1.70 bits per heavy atom. The second-order valence-electron chi connectivity index (χ2n) is 6.27. The number of benzene rings is 2. The highest BCUT2D eigenvalue weighted by molar-refractivity contribution is 6.30. The number of carbonyl (C=O) groups is 2. The van der Waals surface area contributed by atoms with Crippen LogP contribution in [0.3, 0.4) is 0 Å². The topological polar surface area (TPSA) is 114 Å². The zero-order valence-corrected chi connectivity index (χ0v) is 16.5. The molecule has 0 unspecified atom stereocenters. The highest BCUT2D eigenvalue weighted by atomic mass is 35.5. The molecule has 2 aromatic carbocycles. The molecule has 0 saturated carbocycles. The van der Waals surface area contributed by atoms with E-state index in [-0.39, 0.29) is 17.0 Å². The summed E-state index contributed by atoms with van der Waals surface area (Å²) >= 11 is 5.83. The maximum atomic E-state index is 12.8. The molecule has 3 aromatic rings. The molecule has 0 aliphatic rings. The van der Waals surface area contributed by atoms with E-state index < -0.39 is 22.6 Å². The van der Waals surface area contributed by atoms with Crippen LogP contribution in [-0.4, -0.2) is 16.7 Å². The first-order chi connectivity index (χ1) is 14.3. The molecule has 1 aromatic heterocycles. The van der Waals surface area contributed by atoms with Crippen LogP contribution in [0.5, 0.6) is 0 Å². The van der Waals surface area contributed by atoms with Crippen molar-refractivity contribution in [3.8, 4) is 0 Å². The number of aryl methyl sites for hydroxylation is 1. The molecule has 0 aliphatic carbocycles. The molecule has 8 nitrogen and oxygen atoms in total. The van der Waals surface area contributed by atoms with Gasteiger partial charge in [0, 0.05) is 22.3 Å². The predicted molar refractivity (Wildman–Crippen MR) is 112 cm³/mol. The summed E-state index contributed by atoms with van der Waals surface area (Å²) in [5.74, 6) is -1.63. The Kier molecular flexibility index (Phi) is 6.29. The minimum absolute atomic E-state index is 0.0344. The summed E-state index contributed by atoms with van der Waals surface area (Å²) in [5, 5.41) is 16.5. The van der Waals surface area contributed by atoms with Gasteiger partial charge in [0.2, 0.25) is 0 Å². The second kappa shape index (κ2) is 9.06. The lowest BCUT2D eigenvalue weighted by molar-refractivity contribution is -0.402. The summed E-state index contributed by atoms with van der Waals surface area (Å²) in [7, 11) is 0. The third-order valence-electron chi connectivity index (χ3n) is 3.99. The van der Waals surface area contributed by atoms with Crippen LogP contribution in [0.1, 0.15) is 21.7 Å². The molecule has 0 fully saturated rings. The number of hydrogen-bond donors (Lipinski definition) is 2. The van der Waals surface area contributed by atoms with Crippen molar-refractivity contribution < 1.29 is 18.9 Å². The quantitative estimate of drug-likeness (QED) is 0.341. The van der Waals surface area contributed by atoms with E-state index in [0.717, 1.165) is 11.6 Å². The Morgan fingerprint density at radius 3 is 2.30 bits per heavy atom. The van der Waals surface area contributed by atoms with Crippen LogP contribution < -0.4 is 10.6 Å². The van der Waals surface area contributed by atoms with Crippen molar-refractivity contribution in [3.63, 3.8) is 0 Å². The molecule has 0 spiro atoms. The lowest BCUT2D eigenvalue weighted by Crippen LogP contribution is -2.30. The third-order valence-corrected chi connectivity index (χ3v) is 4.24. The average Bonchev–Trinajstić information content (AvgIpc) is 3.18. The van der Waals surface area contributed by atoms with E-state index in [2.05, 4.69) is 10.6 Å². The molecular weight excluding hydrogens is 410 g/mol. The largest absolute Gasteiger partial charge is 0.433 e. The van der Waals surface area contributed by atoms with Crippen molar-refractivity contribution in [1.82, 2.24) is 5.32 Å². The molecular formula is C21H16ClN3O5. The maximum absolute atomic E-state index is 12.8. The lowest BCUT2D eigenvalue weighted by atomic mass is 10.2. The maximum Gasteiger partial charge on any atom is 0.433 e. The van der Waals surface area contributed by atoms with E-state index in [9.17, 15) is 19.7 Å². The standard InChI is InChI=1S/C21H16ClN3O5/c1-13-2-8-16(9-3-13)23-21(27)18(12-17-10-11-19(30-17)25(28)29)24-20(26)14-4-6-15(22)7-5-14/h2-12H,1H3,(H,23,27)(H,24,26)/b18-12-. The molecule has 152 valence electrons. The molecule has 0 aliphatic heterocycles. The van der Waals surface area contributed by atoms with Gasteiger partial charge in [-0.05, 0) is 49.4 Å². The molecule has 0 saturated heterocycles. The van der Waals surface area contributed by atoms with E-state index in [1.165, 1.54) is 24.3 Å². The van der Waals surface area contributed by atoms with Crippen LogP contribution in [0.15, 0.2) is 70.8 Å². The zero-order chi connectivity index (χ0) is 21.7. The lowest BCUT2D eigenvalue weighted by Gasteiger charge is -2.11. The molecule has 0 bridgehead atoms. The normalized spacial score (nSPS) is 11.1. The number of nitro groups is 1. The van der Waals surface area contributed by atoms with Gasteiger partial charge in [0.1, 0.15) is 16.4 Å². The average molecular weight is 426 g/mol. The van der Waals surface area contributed by atoms with Crippen LogP contribution in [0, 0.1) is 17.0 Å². The Labute approximate surface area is 176 Å². The zero-order valence-electron chi connectivity index (χ0n) is 15.7. The molecule has 1 heterocycles. The van der Waals surface area contributed by atoms with Gasteiger partial charge in [-0.2, -0.15) is 0 Å². The fourth-order valence-electron chi connectivity index (χ4n) is 2.45. The van der Waals surface area contributed by atoms with Gasteiger partial charge in [0.25, 0.3) is 11.8 Å². The van der Waals surface area contributed by atoms with Crippen molar-refractivity contribution >= 4 is 41.1 Å². The summed E-state index contributed by atoms with van der Waals surface area (Å²) in [4.78, 5) is 35.5. The van der Waals surface area contributed by atoms with Gasteiger partial charge in [0.05, 0.1) is 6.07 Å². The number of carbonyl (C=O) groups excluding carboxylic acids is 2. The Morgan fingerprint density at radius 1 is 1.03 bits per heavy atom. The summed E-state index contributed by atoms with van der Waals surface area (Å²) in [6, 6.07) is 15.6. The Balaban J connectivity index is 1.88. The number of nitrogens with one attached hydrogen (secondary N) is 2. The minimum Gasteiger partial charge on any atom is -0.401 e. The fourth-order valence-corrected chi connectivity index (χ4v) is 2.58. The summed E-state index contributed by atoms with van der Waals surface area (Å²) in [6.45, 7) is 1.91. The third kappa shape index (κ3) is 5.33. The number of anilines is 1. The predicted octanol–water partition coefficient (Wildman–Crippen LogP) is 4.56. The van der Waals surface area contributed by atoms with Gasteiger partial charge in [-0.25, -0.2) is 0 Å². The SMILES string of the molecule is Cc1ccc(NC(=O)/C(=C/c2ccc([N+](=O)[O-])o2)NC(=O)c2ccc(Cl)cc2)cc1. The Hall–Kier alpha value is -3.91. The number of hydrogen-bond acceptors (Lipinski definition) is 5. The first kappa shape index (κ1) is 20.8. The molecule has 30 heavy (non-hydrogen) atoms. The van der Waals surface area contributed by atoms with Crippen molar-refractivity contribution in [2.45, 2.75) is 6.92 Å². The smallest absolute Gasteiger partial charge is 0.401 e. The van der Waals surface area contributed by atoms with Crippen LogP contribution in [0.4, 0.5) is 11.6 Å². The number of nitrogens with zero attached hydrogens (tertiary/aromatic N) is 1. The van der Waals surface area contributed by atoms with Gasteiger partial charge < -0.3 is 15.1 Å². The molecule has 2 amide bonds. The van der Waals surface area contributed by atoms with E-state index >= 15 is 0 Å². The number of amides is 2. The van der Waals surface area contributed by atoms with Crippen LogP contribution in [0.25, 0.3) is 6.08 Å². The summed E-state index contributed by atoms with van der Waals surface area (Å²) < 4.78 is 5.07. The van der Waals surface area contributed by atoms with Crippen molar-refractivity contribution in [1.29, 1.82) is 0 Å². The van der Waals surface area contributed by atoms with Crippen LogP contribution in [0.2, 0.25) is 5.02 Å². The van der Waals surface area contributed by atoms with Crippen LogP contribution >= 0.6 is 11.6 Å². The van der Waals surface area contributed by atoms with Gasteiger partial charge in [-0.3, -0.25) is 19.7 Å². The number of rotatable bonds is 6. The Bertz CT molecular complexity index is 1120. The first-order valence-corrected chi connectivity index (χ1v) is 9.10. The highest BCUT2D eigenvalue weighted by Crippen LogP contribution is 2.19. The molecule has 2 N–H and O–H groups in total. The first-order valence-electron chi connectivity index (χ1n) is 8.73. The molecule has 9 heteroatoms. The molecule has 0 atom stereocenters. The summed E-state index contributed by atoms with van der Waals surface area (Å²) in [6.07, 6.45) is 1.21. The van der Waals surface area contributed by atoms with Crippen molar-refractivity contribution in [2.75, 3.05) is 5.32 Å². The van der Waals surface area contributed by atoms with Crippen LogP contribution in [-0.2, 0) is 4.79 Å². The van der Waals surface area contributed by atoms with Gasteiger partial charge >= 0.3 is 5.88 Å². The van der Waals surface area contributed by atoms with Gasteiger partial charge in [0.15, 0.2) is 0 Å².